The van der Waals surface area contributed by atoms with Gasteiger partial charge in [0.05, 0.1) is 18.8 Å². The van der Waals surface area contributed by atoms with Crippen LogP contribution in [0.3, 0.4) is 0 Å². The van der Waals surface area contributed by atoms with E-state index in [1.807, 2.05) is 12.1 Å². The molecule has 0 fully saturated rings. The van der Waals surface area contributed by atoms with Crippen LogP contribution in [0.4, 0.5) is 0 Å². The van der Waals surface area contributed by atoms with Gasteiger partial charge in [0.15, 0.2) is 0 Å². The Morgan fingerprint density at radius 3 is 1.80 bits per heavy atom. The lowest BCUT2D eigenvalue weighted by atomic mass is 10.1. The molecule has 0 unspecified atom stereocenters. The number of hydrogen-bond acceptors (Lipinski definition) is 9. The number of nitrogens with one attached hydrogen (secondary N) is 1. The minimum Gasteiger partial charge on any atom is -0.494 e. The van der Waals surface area contributed by atoms with Crippen molar-refractivity contribution in [3.63, 3.8) is 0 Å². The van der Waals surface area contributed by atoms with Crippen LogP contribution in [0, 0.1) is 0 Å². The SMILES string of the molecule is CCCCCCCCCCCC(=O)OC[C@@H](CSC[C@H](N)C(=O)NCCc1ccc(OCCCP(=O)(O)O)cc1)OC(=O)CCCCCCCCCCC. The van der Waals surface area contributed by atoms with Gasteiger partial charge in [-0.25, -0.2) is 0 Å². The summed E-state index contributed by atoms with van der Waals surface area (Å²) in [5, 5.41) is 2.87. The third kappa shape index (κ3) is 30.2. The summed E-state index contributed by atoms with van der Waals surface area (Å²) < 4.78 is 27.8. The molecule has 5 N–H and O–H groups in total. The molecule has 0 heterocycles. The van der Waals surface area contributed by atoms with E-state index in [1.165, 1.54) is 88.8 Å². The van der Waals surface area contributed by atoms with Gasteiger partial charge in [-0.2, -0.15) is 11.8 Å². The van der Waals surface area contributed by atoms with Crippen molar-refractivity contribution >= 4 is 37.2 Å². The highest BCUT2D eigenvalue weighted by Gasteiger charge is 2.20. The normalized spacial score (nSPS) is 12.6. The second-order valence-electron chi connectivity index (χ2n) is 14.4. The van der Waals surface area contributed by atoms with E-state index in [0.717, 1.165) is 44.1 Å². The van der Waals surface area contributed by atoms with E-state index in [-0.39, 0.29) is 43.6 Å². The summed E-state index contributed by atoms with van der Waals surface area (Å²) in [6.45, 7) is 5.04. The minimum absolute atomic E-state index is 0.00851. The summed E-state index contributed by atoms with van der Waals surface area (Å²) in [6.07, 6.45) is 21.6. The summed E-state index contributed by atoms with van der Waals surface area (Å²) in [7, 11) is -4.02. The van der Waals surface area contributed by atoms with E-state index >= 15 is 0 Å². The molecule has 0 aliphatic carbocycles. The Labute approximate surface area is 330 Å². The highest BCUT2D eigenvalue weighted by molar-refractivity contribution is 7.99. The van der Waals surface area contributed by atoms with Gasteiger partial charge in [-0.05, 0) is 43.4 Å². The molecule has 2 atom stereocenters. The Bertz CT molecular complexity index is 1150. The van der Waals surface area contributed by atoms with Crippen LogP contribution in [-0.2, 0) is 34.8 Å². The standard InChI is InChI=1S/C41H73N2O9PS/c1-3-5-7-9-11-13-15-17-19-22-39(44)51-32-37(52-40(45)23-20-18-16-14-12-10-8-6-4-2)33-54-34-38(42)41(46)43-29-28-35-24-26-36(27-25-35)50-30-21-31-53(47,48)49/h24-27,37-38H,3-23,28-34,42H2,1-2H3,(H,43,46)(H2,47,48,49)/t37-,38-/m0/s1. The summed E-state index contributed by atoms with van der Waals surface area (Å²) in [6, 6.07) is 6.56. The van der Waals surface area contributed by atoms with Crippen molar-refractivity contribution in [2.45, 2.75) is 167 Å². The maximum Gasteiger partial charge on any atom is 0.325 e. The largest absolute Gasteiger partial charge is 0.494 e. The first-order valence-electron chi connectivity index (χ1n) is 20.8. The summed E-state index contributed by atoms with van der Waals surface area (Å²) in [4.78, 5) is 55.8. The lowest BCUT2D eigenvalue weighted by Crippen LogP contribution is -2.43. The maximum absolute atomic E-state index is 12.7. The fourth-order valence-corrected chi connectivity index (χ4v) is 7.36. The van der Waals surface area contributed by atoms with Crippen LogP contribution in [-0.4, -0.2) is 77.2 Å². The lowest BCUT2D eigenvalue weighted by Gasteiger charge is -2.19. The van der Waals surface area contributed by atoms with Gasteiger partial charge in [0.1, 0.15) is 18.5 Å². The monoisotopic (exact) mass is 800 g/mol. The lowest BCUT2D eigenvalue weighted by molar-refractivity contribution is -0.157. The third-order valence-electron chi connectivity index (χ3n) is 9.13. The smallest absolute Gasteiger partial charge is 0.325 e. The molecule has 11 nitrogen and oxygen atoms in total. The molecule has 1 aromatic carbocycles. The van der Waals surface area contributed by atoms with Gasteiger partial charge in [-0.15, -0.1) is 0 Å². The average Bonchev–Trinajstić information content (AvgIpc) is 3.14. The fraction of sp³-hybridized carbons (Fsp3) is 0.780. The zero-order valence-corrected chi connectivity index (χ0v) is 35.2. The van der Waals surface area contributed by atoms with Gasteiger partial charge >= 0.3 is 19.5 Å². The van der Waals surface area contributed by atoms with Crippen molar-refractivity contribution in [1.29, 1.82) is 0 Å². The molecule has 312 valence electrons. The number of benzene rings is 1. The number of ether oxygens (including phenoxy) is 3. The first-order chi connectivity index (χ1) is 26.0. The molecule has 1 aromatic rings. The van der Waals surface area contributed by atoms with Gasteiger partial charge in [0.25, 0.3) is 0 Å². The molecule has 1 rings (SSSR count). The molecule has 0 radical (unpaired) electrons. The van der Waals surface area contributed by atoms with Crippen LogP contribution in [0.25, 0.3) is 0 Å². The number of hydrogen-bond donors (Lipinski definition) is 4. The van der Waals surface area contributed by atoms with E-state index in [2.05, 4.69) is 19.2 Å². The molecule has 13 heteroatoms. The molecule has 0 aromatic heterocycles. The zero-order chi connectivity index (χ0) is 39.7. The average molecular weight is 801 g/mol. The first-order valence-corrected chi connectivity index (χ1v) is 23.7. The van der Waals surface area contributed by atoms with Crippen molar-refractivity contribution in [3.8, 4) is 5.75 Å². The minimum atomic E-state index is -4.02. The first kappa shape index (κ1) is 49.9. The van der Waals surface area contributed by atoms with E-state index in [1.54, 1.807) is 12.1 Å². The third-order valence-corrected chi connectivity index (χ3v) is 11.2. The number of esters is 2. The van der Waals surface area contributed by atoms with Crippen LogP contribution in [0.2, 0.25) is 0 Å². The molecule has 0 saturated carbocycles. The molecule has 0 saturated heterocycles. The molecular formula is C41H73N2O9PS. The number of carbonyl (C=O) groups is 3. The van der Waals surface area contributed by atoms with Crippen LogP contribution in [0.1, 0.15) is 154 Å². The number of thioether (sulfide) groups is 1. The Kier molecular flexibility index (Phi) is 30.6. The molecule has 0 bridgehead atoms. The molecule has 54 heavy (non-hydrogen) atoms. The topological polar surface area (TPSA) is 174 Å². The van der Waals surface area contributed by atoms with Gasteiger partial charge < -0.3 is 35.0 Å². The van der Waals surface area contributed by atoms with E-state index in [0.29, 0.717) is 43.1 Å². The highest BCUT2D eigenvalue weighted by Crippen LogP contribution is 2.34. The summed E-state index contributed by atoms with van der Waals surface area (Å²) in [5.41, 5.74) is 7.17. The van der Waals surface area contributed by atoms with Crippen molar-refractivity contribution < 1.29 is 42.9 Å². The van der Waals surface area contributed by atoms with Crippen LogP contribution >= 0.6 is 19.4 Å². The Hall–Kier alpha value is -2.11. The van der Waals surface area contributed by atoms with Gasteiger partial charge in [0.2, 0.25) is 5.91 Å². The van der Waals surface area contributed by atoms with Crippen LogP contribution in [0.15, 0.2) is 24.3 Å². The van der Waals surface area contributed by atoms with Crippen molar-refractivity contribution in [2.75, 3.05) is 37.4 Å². The predicted molar refractivity (Wildman–Crippen MR) is 220 cm³/mol. The van der Waals surface area contributed by atoms with Crippen molar-refractivity contribution in [1.82, 2.24) is 5.32 Å². The second-order valence-corrected chi connectivity index (χ2v) is 17.2. The van der Waals surface area contributed by atoms with Gasteiger partial charge in [-0.1, -0.05) is 129 Å². The maximum atomic E-state index is 12.7. The van der Waals surface area contributed by atoms with Crippen molar-refractivity contribution in [3.05, 3.63) is 29.8 Å². The summed E-state index contributed by atoms with van der Waals surface area (Å²) >= 11 is 1.40. The fourth-order valence-electron chi connectivity index (χ4n) is 5.86. The Morgan fingerprint density at radius 1 is 0.741 bits per heavy atom. The van der Waals surface area contributed by atoms with Gasteiger partial charge in [0, 0.05) is 30.9 Å². The number of amides is 1. The highest BCUT2D eigenvalue weighted by atomic mass is 32.2. The second kappa shape index (κ2) is 33.1. The zero-order valence-electron chi connectivity index (χ0n) is 33.4. The molecule has 0 aliphatic heterocycles. The summed E-state index contributed by atoms with van der Waals surface area (Å²) in [5.74, 6) is 0.439. The number of rotatable bonds is 36. The molecule has 0 aliphatic rings. The number of unbranched alkanes of at least 4 members (excludes halogenated alkanes) is 16. The number of nitrogens with two attached hydrogens (primary N) is 1. The Morgan fingerprint density at radius 2 is 1.26 bits per heavy atom. The Balaban J connectivity index is 2.43. The number of carbonyl (C=O) groups excluding carboxylic acids is 3. The van der Waals surface area contributed by atoms with E-state index < -0.39 is 19.7 Å². The van der Waals surface area contributed by atoms with E-state index in [4.69, 9.17) is 29.7 Å². The quantitative estimate of drug-likeness (QED) is 0.0291. The van der Waals surface area contributed by atoms with E-state index in [9.17, 15) is 18.9 Å². The van der Waals surface area contributed by atoms with Gasteiger partial charge in [-0.3, -0.25) is 18.9 Å². The van der Waals surface area contributed by atoms with Crippen molar-refractivity contribution in [2.24, 2.45) is 5.73 Å². The van der Waals surface area contributed by atoms with Crippen LogP contribution < -0.4 is 15.8 Å². The predicted octanol–water partition coefficient (Wildman–Crippen LogP) is 8.65. The molecule has 1 amide bonds. The molecule has 0 spiro atoms. The van der Waals surface area contributed by atoms with Crippen LogP contribution in [0.5, 0.6) is 5.75 Å². The molecular weight excluding hydrogens is 727 g/mol.